The van der Waals surface area contributed by atoms with E-state index in [0.29, 0.717) is 5.92 Å². The Hall–Kier alpha value is -1.52. The molecular weight excluding hydrogens is 306 g/mol. The molecule has 0 bridgehead atoms. The van der Waals surface area contributed by atoms with Gasteiger partial charge in [-0.2, -0.15) is 0 Å². The molecule has 136 valence electrons. The lowest BCUT2D eigenvalue weighted by Crippen LogP contribution is -2.47. The van der Waals surface area contributed by atoms with Crippen LogP contribution in [0.5, 0.6) is 0 Å². The summed E-state index contributed by atoms with van der Waals surface area (Å²) in [6.45, 7) is 3.73. The molecule has 2 aliphatic carbocycles. The molecule has 2 saturated carbocycles. The van der Waals surface area contributed by atoms with E-state index in [1.54, 1.807) is 0 Å². The van der Waals surface area contributed by atoms with Crippen molar-refractivity contribution in [3.63, 3.8) is 0 Å². The Balaban J connectivity index is 1.83. The lowest BCUT2D eigenvalue weighted by Gasteiger charge is -2.28. The molecule has 0 aromatic carbocycles. The van der Waals surface area contributed by atoms with Gasteiger partial charge < -0.3 is 15.2 Å². The number of carboxylic acid groups (broad SMARTS) is 1. The molecule has 0 aromatic rings. The maximum absolute atomic E-state index is 12.2. The van der Waals surface area contributed by atoms with Crippen LogP contribution in [0.4, 0.5) is 4.79 Å². The first kappa shape index (κ1) is 18.8. The first-order chi connectivity index (χ1) is 11.6. The van der Waals surface area contributed by atoms with Crippen LogP contribution in [0.2, 0.25) is 0 Å². The Bertz CT molecular complexity index is 431. The van der Waals surface area contributed by atoms with E-state index in [9.17, 15) is 14.7 Å². The largest absolute Gasteiger partial charge is 0.480 e. The molecular formula is C19H31NO4. The summed E-state index contributed by atoms with van der Waals surface area (Å²) >= 11 is 0. The van der Waals surface area contributed by atoms with Crippen molar-refractivity contribution in [2.24, 2.45) is 11.8 Å². The fourth-order valence-electron chi connectivity index (χ4n) is 4.16. The van der Waals surface area contributed by atoms with E-state index in [4.69, 9.17) is 4.74 Å². The van der Waals surface area contributed by atoms with Gasteiger partial charge in [-0.1, -0.05) is 25.3 Å². The van der Waals surface area contributed by atoms with Crippen molar-refractivity contribution in [2.75, 3.05) is 0 Å². The van der Waals surface area contributed by atoms with Crippen molar-refractivity contribution < 1.29 is 19.4 Å². The second-order valence-electron chi connectivity index (χ2n) is 7.21. The van der Waals surface area contributed by atoms with Gasteiger partial charge in [0.1, 0.15) is 12.1 Å². The van der Waals surface area contributed by atoms with E-state index >= 15 is 0 Å². The molecule has 2 N–H and O–H groups in total. The second-order valence-corrected chi connectivity index (χ2v) is 7.21. The smallest absolute Gasteiger partial charge is 0.408 e. The summed E-state index contributed by atoms with van der Waals surface area (Å²) in [7, 11) is 0. The predicted octanol–water partition coefficient (Wildman–Crippen LogP) is 4.27. The fraction of sp³-hybridized carbons (Fsp3) is 0.789. The summed E-state index contributed by atoms with van der Waals surface area (Å²) in [5, 5.41) is 12.1. The van der Waals surface area contributed by atoms with Crippen LogP contribution in [0, 0.1) is 11.8 Å². The number of hydrogen-bond donors (Lipinski definition) is 2. The van der Waals surface area contributed by atoms with E-state index in [0.717, 1.165) is 70.6 Å². The van der Waals surface area contributed by atoms with E-state index in [1.165, 1.54) is 0 Å². The highest BCUT2D eigenvalue weighted by atomic mass is 16.6. The van der Waals surface area contributed by atoms with E-state index < -0.39 is 18.1 Å². The van der Waals surface area contributed by atoms with Crippen LogP contribution in [-0.2, 0) is 9.53 Å². The van der Waals surface area contributed by atoms with Gasteiger partial charge in [-0.3, -0.25) is 0 Å². The van der Waals surface area contributed by atoms with Gasteiger partial charge in [-0.25, -0.2) is 9.59 Å². The van der Waals surface area contributed by atoms with Gasteiger partial charge in [0.25, 0.3) is 0 Å². The molecule has 1 amide bonds. The number of aliphatic carboxylic acids is 1. The lowest BCUT2D eigenvalue weighted by molar-refractivity contribution is -0.141. The molecule has 2 aliphatic rings. The van der Waals surface area contributed by atoms with Gasteiger partial charge in [-0.05, 0) is 63.2 Å². The van der Waals surface area contributed by atoms with Crippen molar-refractivity contribution in [2.45, 2.75) is 82.8 Å². The van der Waals surface area contributed by atoms with Gasteiger partial charge in [0, 0.05) is 0 Å². The minimum absolute atomic E-state index is 0.0239. The minimum Gasteiger partial charge on any atom is -0.480 e. The number of carbonyl (C=O) groups excluding carboxylic acids is 1. The average Bonchev–Trinajstić information content (AvgIpc) is 3.00. The van der Waals surface area contributed by atoms with E-state index in [-0.39, 0.29) is 12.0 Å². The molecule has 0 heterocycles. The number of carbonyl (C=O) groups is 2. The van der Waals surface area contributed by atoms with E-state index in [1.807, 2.05) is 6.08 Å². The molecule has 0 spiro atoms. The maximum atomic E-state index is 12.2. The molecule has 24 heavy (non-hydrogen) atoms. The monoisotopic (exact) mass is 337 g/mol. The van der Waals surface area contributed by atoms with Crippen LogP contribution in [0.1, 0.15) is 70.6 Å². The SMILES string of the molecule is C=CCCCC1CCC[C@H]1OC(=O)N[C@H](C(=O)O)C1CCCCC1. The zero-order valence-electron chi connectivity index (χ0n) is 14.5. The summed E-state index contributed by atoms with van der Waals surface area (Å²) in [4.78, 5) is 23.7. The summed E-state index contributed by atoms with van der Waals surface area (Å²) in [6, 6.07) is -0.821. The third-order valence-corrected chi connectivity index (χ3v) is 5.49. The van der Waals surface area contributed by atoms with Crippen molar-refractivity contribution >= 4 is 12.1 Å². The average molecular weight is 337 g/mol. The predicted molar refractivity (Wildman–Crippen MR) is 92.8 cm³/mol. The van der Waals surface area contributed by atoms with Gasteiger partial charge in [0.15, 0.2) is 0 Å². The Morgan fingerprint density at radius 2 is 1.92 bits per heavy atom. The first-order valence-corrected chi connectivity index (χ1v) is 9.42. The Kier molecular flexibility index (Phi) is 7.60. The molecule has 2 fully saturated rings. The molecule has 5 nitrogen and oxygen atoms in total. The molecule has 1 unspecified atom stereocenters. The fourth-order valence-corrected chi connectivity index (χ4v) is 4.16. The second kappa shape index (κ2) is 9.70. The van der Waals surface area contributed by atoms with E-state index in [2.05, 4.69) is 11.9 Å². The number of alkyl carbamates (subject to hydrolysis) is 1. The standard InChI is InChI=1S/C19H31NO4/c1-2-3-5-9-14-12-8-13-16(14)24-19(23)20-17(18(21)22)15-10-6-4-7-11-15/h2,14-17H,1,3-13H2,(H,20,23)(H,21,22)/t14?,16-,17+/m1/s1. The number of ether oxygens (including phenoxy) is 1. The molecule has 2 rings (SSSR count). The summed E-state index contributed by atoms with van der Waals surface area (Å²) in [5.74, 6) is -0.530. The molecule has 0 saturated heterocycles. The number of nitrogens with one attached hydrogen (secondary N) is 1. The Morgan fingerprint density at radius 3 is 2.58 bits per heavy atom. The highest BCUT2D eigenvalue weighted by Gasteiger charge is 2.34. The zero-order chi connectivity index (χ0) is 17.4. The van der Waals surface area contributed by atoms with Crippen LogP contribution in [0.25, 0.3) is 0 Å². The molecule has 0 aromatic heterocycles. The summed E-state index contributed by atoms with van der Waals surface area (Å²) < 4.78 is 5.59. The highest BCUT2D eigenvalue weighted by molar-refractivity contribution is 5.80. The maximum Gasteiger partial charge on any atom is 0.408 e. The van der Waals surface area contributed by atoms with Gasteiger partial charge in [0.05, 0.1) is 0 Å². The molecule has 3 atom stereocenters. The number of carboxylic acids is 1. The normalized spacial score (nSPS) is 25.8. The van der Waals surface area contributed by atoms with Crippen molar-refractivity contribution in [3.8, 4) is 0 Å². The number of allylic oxidation sites excluding steroid dienone is 1. The minimum atomic E-state index is -0.951. The van der Waals surface area contributed by atoms with Crippen LogP contribution in [0.15, 0.2) is 12.7 Å². The quantitative estimate of drug-likeness (QED) is 0.512. The topological polar surface area (TPSA) is 75.6 Å². The number of amides is 1. The third-order valence-electron chi connectivity index (χ3n) is 5.49. The third kappa shape index (κ3) is 5.53. The van der Waals surface area contributed by atoms with Crippen LogP contribution in [-0.4, -0.2) is 29.3 Å². The van der Waals surface area contributed by atoms with Crippen LogP contribution < -0.4 is 5.32 Å². The Labute approximate surface area is 144 Å². The number of rotatable bonds is 8. The van der Waals surface area contributed by atoms with Gasteiger partial charge >= 0.3 is 12.1 Å². The number of unbranched alkanes of at least 4 members (excludes halogenated alkanes) is 1. The van der Waals surface area contributed by atoms with Crippen LogP contribution in [0.3, 0.4) is 0 Å². The van der Waals surface area contributed by atoms with Gasteiger partial charge in [-0.15, -0.1) is 6.58 Å². The van der Waals surface area contributed by atoms with Crippen molar-refractivity contribution in [1.82, 2.24) is 5.32 Å². The van der Waals surface area contributed by atoms with Crippen LogP contribution >= 0.6 is 0 Å². The number of hydrogen-bond acceptors (Lipinski definition) is 3. The first-order valence-electron chi connectivity index (χ1n) is 9.42. The molecule has 0 aliphatic heterocycles. The van der Waals surface area contributed by atoms with Crippen molar-refractivity contribution in [1.29, 1.82) is 0 Å². The summed E-state index contributed by atoms with van der Waals surface area (Å²) in [6.07, 6.45) is 12.4. The molecule has 5 heteroatoms. The van der Waals surface area contributed by atoms with Gasteiger partial charge in [0.2, 0.25) is 0 Å². The lowest BCUT2D eigenvalue weighted by atomic mass is 9.84. The molecule has 0 radical (unpaired) electrons. The van der Waals surface area contributed by atoms with Crippen molar-refractivity contribution in [3.05, 3.63) is 12.7 Å². The zero-order valence-corrected chi connectivity index (χ0v) is 14.5. The Morgan fingerprint density at radius 1 is 1.17 bits per heavy atom. The summed E-state index contributed by atoms with van der Waals surface area (Å²) in [5.41, 5.74) is 0. The highest BCUT2D eigenvalue weighted by Crippen LogP contribution is 2.32.